The molecule has 9 nitrogen and oxygen atoms in total. The Morgan fingerprint density at radius 1 is 1.38 bits per heavy atom. The van der Waals surface area contributed by atoms with Gasteiger partial charge in [0, 0.05) is 31.3 Å². The number of anilines is 2. The molecule has 1 fully saturated rings. The van der Waals surface area contributed by atoms with E-state index in [9.17, 15) is 14.0 Å². The van der Waals surface area contributed by atoms with Gasteiger partial charge in [0.25, 0.3) is 5.91 Å². The van der Waals surface area contributed by atoms with Crippen LogP contribution in [0, 0.1) is 5.82 Å². The summed E-state index contributed by atoms with van der Waals surface area (Å²) >= 11 is 0. The lowest BCUT2D eigenvalue weighted by Crippen LogP contribution is -2.36. The second-order valence-corrected chi connectivity index (χ2v) is 6.46. The van der Waals surface area contributed by atoms with Gasteiger partial charge in [-0.3, -0.25) is 9.69 Å². The Kier molecular flexibility index (Phi) is 3.00. The van der Waals surface area contributed by atoms with Gasteiger partial charge in [0.1, 0.15) is 11.8 Å². The van der Waals surface area contributed by atoms with Crippen LogP contribution < -0.4 is 14.5 Å². The topological polar surface area (TPSA) is 89.8 Å². The molecular weight excluding hydrogens is 345 g/mol. The summed E-state index contributed by atoms with van der Waals surface area (Å²) in [5.41, 5.74) is 1.26. The molecule has 0 N–H and O–H groups in total. The number of fused-ring (bicyclic) bond motifs is 5. The van der Waals surface area contributed by atoms with Crippen LogP contribution in [0.4, 0.5) is 20.6 Å². The van der Waals surface area contributed by atoms with E-state index in [4.69, 9.17) is 9.47 Å². The molecule has 0 saturated carbocycles. The first-order chi connectivity index (χ1) is 12.5. The smallest absolute Gasteiger partial charge is 0.415 e. The van der Waals surface area contributed by atoms with Gasteiger partial charge in [0.2, 0.25) is 0 Å². The zero-order valence-corrected chi connectivity index (χ0v) is 13.8. The highest BCUT2D eigenvalue weighted by Gasteiger charge is 2.50. The normalized spacial score (nSPS) is 23.5. The maximum atomic E-state index is 14.7. The summed E-state index contributed by atoms with van der Waals surface area (Å²) < 4.78 is 27.2. The van der Waals surface area contributed by atoms with Gasteiger partial charge < -0.3 is 14.4 Å². The number of amides is 2. The van der Waals surface area contributed by atoms with Crippen molar-refractivity contribution in [1.29, 1.82) is 0 Å². The summed E-state index contributed by atoms with van der Waals surface area (Å²) in [6, 6.07) is 0.977. The number of rotatable bonds is 2. The summed E-state index contributed by atoms with van der Waals surface area (Å²) in [5, 5.41) is 7.64. The molecule has 2 aromatic rings. The van der Waals surface area contributed by atoms with Crippen LogP contribution in [0.3, 0.4) is 0 Å². The van der Waals surface area contributed by atoms with Gasteiger partial charge in [-0.15, -0.1) is 5.10 Å². The minimum Gasteiger partial charge on any atom is -0.481 e. The van der Waals surface area contributed by atoms with Gasteiger partial charge in [0.05, 0.1) is 24.5 Å². The number of carbonyl (C=O) groups excluding carboxylic acids is 2. The second-order valence-electron chi connectivity index (χ2n) is 6.46. The van der Waals surface area contributed by atoms with Crippen LogP contribution in [0.5, 0.6) is 5.75 Å². The molecule has 10 heteroatoms. The van der Waals surface area contributed by atoms with Crippen LogP contribution in [0.2, 0.25) is 0 Å². The molecule has 0 unspecified atom stereocenters. The highest BCUT2D eigenvalue weighted by atomic mass is 19.1. The van der Waals surface area contributed by atoms with E-state index in [2.05, 4.69) is 10.3 Å². The highest BCUT2D eigenvalue weighted by Crippen LogP contribution is 2.49. The second kappa shape index (κ2) is 5.16. The summed E-state index contributed by atoms with van der Waals surface area (Å²) in [5.74, 6) is -0.607. The molecule has 4 heterocycles. The Bertz CT molecular complexity index is 931. The minimum absolute atomic E-state index is 0.113. The largest absolute Gasteiger partial charge is 0.481 e. The molecule has 0 radical (unpaired) electrons. The number of hydrogen-bond acceptors (Lipinski definition) is 6. The predicted octanol–water partition coefficient (Wildman–Crippen LogP) is 0.723. The number of nitrogens with zero attached hydrogens (tertiary/aromatic N) is 5. The average molecular weight is 359 g/mol. The molecule has 1 saturated heterocycles. The summed E-state index contributed by atoms with van der Waals surface area (Å²) in [6.07, 6.45) is 2.70. The first kappa shape index (κ1) is 15.1. The fourth-order valence-electron chi connectivity index (χ4n) is 3.83. The van der Waals surface area contributed by atoms with Crippen molar-refractivity contribution in [3.63, 3.8) is 0 Å². The Morgan fingerprint density at radius 2 is 2.23 bits per heavy atom. The monoisotopic (exact) mass is 359 g/mol. The first-order valence-electron chi connectivity index (χ1n) is 8.13. The quantitative estimate of drug-likeness (QED) is 0.785. The SMILES string of the molecule is CN1C(=O)COc2c3c(cc(F)c21)N1C(=O)O[C@@H](Cn2ccnn2)[C@@H]1C3. The molecule has 1 aromatic heterocycles. The Morgan fingerprint density at radius 3 is 3.00 bits per heavy atom. The molecule has 3 aliphatic heterocycles. The predicted molar refractivity (Wildman–Crippen MR) is 85.6 cm³/mol. The number of benzene rings is 1. The van der Waals surface area contributed by atoms with Crippen molar-refractivity contribution >= 4 is 23.4 Å². The van der Waals surface area contributed by atoms with E-state index < -0.39 is 18.0 Å². The van der Waals surface area contributed by atoms with Gasteiger partial charge in [-0.25, -0.2) is 13.9 Å². The van der Waals surface area contributed by atoms with Gasteiger partial charge >= 0.3 is 6.09 Å². The van der Waals surface area contributed by atoms with Crippen LogP contribution in [-0.4, -0.2) is 52.8 Å². The summed E-state index contributed by atoms with van der Waals surface area (Å²) in [4.78, 5) is 26.9. The summed E-state index contributed by atoms with van der Waals surface area (Å²) in [7, 11) is 1.51. The molecule has 0 spiro atoms. The molecule has 0 aliphatic carbocycles. The maximum Gasteiger partial charge on any atom is 0.415 e. The number of cyclic esters (lactones) is 1. The first-order valence-corrected chi connectivity index (χ1v) is 8.13. The third kappa shape index (κ3) is 1.95. The van der Waals surface area contributed by atoms with E-state index in [0.717, 1.165) is 0 Å². The van der Waals surface area contributed by atoms with Crippen molar-refractivity contribution in [3.05, 3.63) is 29.8 Å². The number of ether oxygens (including phenoxy) is 2. The lowest BCUT2D eigenvalue weighted by atomic mass is 10.0. The average Bonchev–Trinajstić information content (AvgIpc) is 3.30. The zero-order valence-electron chi connectivity index (χ0n) is 13.8. The van der Waals surface area contributed by atoms with Gasteiger partial charge in [-0.2, -0.15) is 0 Å². The van der Waals surface area contributed by atoms with Crippen molar-refractivity contribution in [2.45, 2.75) is 25.1 Å². The fourth-order valence-corrected chi connectivity index (χ4v) is 3.83. The zero-order chi connectivity index (χ0) is 18.0. The van der Waals surface area contributed by atoms with Crippen molar-refractivity contribution < 1.29 is 23.5 Å². The third-order valence-electron chi connectivity index (χ3n) is 5.06. The van der Waals surface area contributed by atoms with Gasteiger partial charge in [-0.05, 0) is 0 Å². The maximum absolute atomic E-state index is 14.7. The van der Waals surface area contributed by atoms with Crippen LogP contribution in [0.1, 0.15) is 5.56 Å². The van der Waals surface area contributed by atoms with Crippen molar-refractivity contribution in [3.8, 4) is 5.75 Å². The van der Waals surface area contributed by atoms with Gasteiger partial charge in [0.15, 0.2) is 18.2 Å². The van der Waals surface area contributed by atoms with Crippen molar-refractivity contribution in [1.82, 2.24) is 15.0 Å². The number of likely N-dealkylation sites (N-methyl/N-ethyl adjacent to an activating group) is 1. The number of hydrogen-bond donors (Lipinski definition) is 0. The van der Waals surface area contributed by atoms with E-state index >= 15 is 0 Å². The molecule has 1 aromatic carbocycles. The Labute approximate surface area is 146 Å². The Balaban J connectivity index is 1.55. The standard InChI is InChI=1S/C16H14FN5O4/c1-20-13(23)7-25-15-8-4-11-12(6-21-3-2-18-19-21)26-16(24)22(11)10(8)5-9(17)14(15)20/h2-3,5,11-12H,4,6-7H2,1H3/t11-,12-/m0/s1. The molecule has 2 atom stereocenters. The third-order valence-corrected chi connectivity index (χ3v) is 5.06. The van der Waals surface area contributed by atoms with E-state index in [0.29, 0.717) is 30.0 Å². The number of aromatic nitrogens is 3. The van der Waals surface area contributed by atoms with Crippen LogP contribution in [0.15, 0.2) is 18.5 Å². The molecule has 2 amide bonds. The van der Waals surface area contributed by atoms with E-state index in [1.807, 2.05) is 0 Å². The highest BCUT2D eigenvalue weighted by molar-refractivity contribution is 6.01. The van der Waals surface area contributed by atoms with Crippen molar-refractivity contribution in [2.75, 3.05) is 23.5 Å². The van der Waals surface area contributed by atoms with Crippen LogP contribution in [0.25, 0.3) is 0 Å². The molecule has 0 bridgehead atoms. The molecule has 134 valence electrons. The van der Waals surface area contributed by atoms with E-state index in [-0.39, 0.29) is 24.2 Å². The molecular formula is C16H14FN5O4. The van der Waals surface area contributed by atoms with Crippen LogP contribution in [-0.2, 0) is 22.5 Å². The minimum atomic E-state index is -0.609. The number of carbonyl (C=O) groups is 2. The molecule has 5 rings (SSSR count). The molecule has 3 aliphatic rings. The number of halogens is 1. The molecule has 26 heavy (non-hydrogen) atoms. The van der Waals surface area contributed by atoms with Crippen molar-refractivity contribution in [2.24, 2.45) is 0 Å². The van der Waals surface area contributed by atoms with Crippen LogP contribution >= 0.6 is 0 Å². The van der Waals surface area contributed by atoms with Gasteiger partial charge in [-0.1, -0.05) is 5.21 Å². The van der Waals surface area contributed by atoms with E-state index in [1.54, 1.807) is 17.1 Å². The summed E-state index contributed by atoms with van der Waals surface area (Å²) in [6.45, 7) is 0.196. The fraction of sp³-hybridized carbons (Fsp3) is 0.375. The Hall–Kier alpha value is -3.17. The lowest BCUT2D eigenvalue weighted by molar-refractivity contribution is -0.121. The van der Waals surface area contributed by atoms with E-state index in [1.165, 1.54) is 22.9 Å². The lowest BCUT2D eigenvalue weighted by Gasteiger charge is -2.28.